The van der Waals surface area contributed by atoms with E-state index in [0.717, 1.165) is 12.0 Å². The molecule has 3 N–H and O–H groups in total. The first kappa shape index (κ1) is 9.55. The maximum Gasteiger partial charge on any atom is 0.129 e. The SMILES string of the molecule is CC[C@H](N)c1ccc(O)c(Br)c1. The lowest BCUT2D eigenvalue weighted by atomic mass is 10.1. The van der Waals surface area contributed by atoms with Gasteiger partial charge in [0.25, 0.3) is 0 Å². The van der Waals surface area contributed by atoms with E-state index in [-0.39, 0.29) is 11.8 Å². The predicted molar refractivity (Wildman–Crippen MR) is 53.0 cm³/mol. The molecule has 0 amide bonds. The Morgan fingerprint density at radius 1 is 1.58 bits per heavy atom. The van der Waals surface area contributed by atoms with Gasteiger partial charge in [0.1, 0.15) is 5.75 Å². The highest BCUT2D eigenvalue weighted by Crippen LogP contribution is 2.26. The van der Waals surface area contributed by atoms with Crippen molar-refractivity contribution in [3.63, 3.8) is 0 Å². The Bertz CT molecular complexity index is 275. The van der Waals surface area contributed by atoms with Crippen molar-refractivity contribution < 1.29 is 5.11 Å². The van der Waals surface area contributed by atoms with Gasteiger partial charge in [0, 0.05) is 6.04 Å². The third-order valence-corrected chi connectivity index (χ3v) is 2.47. The van der Waals surface area contributed by atoms with Crippen LogP contribution in [0.15, 0.2) is 22.7 Å². The molecule has 1 aromatic carbocycles. The molecule has 0 heterocycles. The lowest BCUT2D eigenvalue weighted by molar-refractivity contribution is 0.471. The average Bonchev–Trinajstić information content (AvgIpc) is 2.08. The van der Waals surface area contributed by atoms with Crippen LogP contribution >= 0.6 is 15.9 Å². The van der Waals surface area contributed by atoms with Crippen LogP contribution in [0.1, 0.15) is 24.9 Å². The number of rotatable bonds is 2. The molecule has 0 fully saturated rings. The Balaban J connectivity index is 2.96. The zero-order valence-electron chi connectivity index (χ0n) is 6.92. The first-order chi connectivity index (χ1) is 5.65. The molecule has 0 aliphatic rings. The number of aromatic hydroxyl groups is 1. The van der Waals surface area contributed by atoms with Crippen LogP contribution in [-0.2, 0) is 0 Å². The lowest BCUT2D eigenvalue weighted by Gasteiger charge is -2.09. The number of hydrogen-bond donors (Lipinski definition) is 2. The van der Waals surface area contributed by atoms with E-state index in [4.69, 9.17) is 5.73 Å². The lowest BCUT2D eigenvalue weighted by Crippen LogP contribution is -2.08. The van der Waals surface area contributed by atoms with Crippen LogP contribution < -0.4 is 5.73 Å². The van der Waals surface area contributed by atoms with Crippen LogP contribution in [0, 0.1) is 0 Å². The summed E-state index contributed by atoms with van der Waals surface area (Å²) in [6.45, 7) is 2.03. The molecule has 0 aromatic heterocycles. The number of phenols is 1. The van der Waals surface area contributed by atoms with Gasteiger partial charge in [-0.1, -0.05) is 13.0 Å². The molecule has 1 rings (SSSR count). The molecule has 12 heavy (non-hydrogen) atoms. The van der Waals surface area contributed by atoms with Crippen LogP contribution in [0.3, 0.4) is 0 Å². The maximum atomic E-state index is 9.21. The molecule has 0 aliphatic carbocycles. The van der Waals surface area contributed by atoms with Gasteiger partial charge in [0.05, 0.1) is 4.47 Å². The summed E-state index contributed by atoms with van der Waals surface area (Å²) >= 11 is 3.24. The molecule has 1 atom stereocenters. The third kappa shape index (κ3) is 1.99. The molecular formula is C9H12BrNO. The van der Waals surface area contributed by atoms with E-state index < -0.39 is 0 Å². The molecule has 1 aromatic rings. The zero-order valence-corrected chi connectivity index (χ0v) is 8.51. The Labute approximate surface area is 80.5 Å². The van der Waals surface area contributed by atoms with E-state index >= 15 is 0 Å². The van der Waals surface area contributed by atoms with Crippen LogP contribution in [-0.4, -0.2) is 5.11 Å². The van der Waals surface area contributed by atoms with Crippen molar-refractivity contribution >= 4 is 15.9 Å². The molecule has 0 spiro atoms. The highest BCUT2D eigenvalue weighted by atomic mass is 79.9. The molecule has 66 valence electrons. The highest BCUT2D eigenvalue weighted by molar-refractivity contribution is 9.10. The van der Waals surface area contributed by atoms with Crippen LogP contribution in [0.2, 0.25) is 0 Å². The summed E-state index contributed by atoms with van der Waals surface area (Å²) in [5.74, 6) is 0.252. The largest absolute Gasteiger partial charge is 0.507 e. The van der Waals surface area contributed by atoms with Gasteiger partial charge < -0.3 is 10.8 Å². The molecule has 0 radical (unpaired) electrons. The smallest absolute Gasteiger partial charge is 0.129 e. The topological polar surface area (TPSA) is 46.2 Å². The Kier molecular flexibility index (Phi) is 3.12. The summed E-state index contributed by atoms with van der Waals surface area (Å²) < 4.78 is 0.698. The van der Waals surface area contributed by atoms with Crippen molar-refractivity contribution in [2.75, 3.05) is 0 Å². The van der Waals surface area contributed by atoms with E-state index in [1.807, 2.05) is 19.1 Å². The van der Waals surface area contributed by atoms with Crippen molar-refractivity contribution in [1.82, 2.24) is 0 Å². The summed E-state index contributed by atoms with van der Waals surface area (Å²) in [6, 6.07) is 5.40. The summed E-state index contributed by atoms with van der Waals surface area (Å²) in [5.41, 5.74) is 6.85. The predicted octanol–water partition coefficient (Wildman–Crippen LogP) is 2.56. The second-order valence-corrected chi connectivity index (χ2v) is 3.58. The minimum absolute atomic E-state index is 0.0573. The van der Waals surface area contributed by atoms with Gasteiger partial charge in [0.2, 0.25) is 0 Å². The molecule has 0 unspecified atom stereocenters. The molecule has 2 nitrogen and oxygen atoms in total. The maximum absolute atomic E-state index is 9.21. The first-order valence-corrected chi connectivity index (χ1v) is 4.68. The van der Waals surface area contributed by atoms with Crippen molar-refractivity contribution in [3.8, 4) is 5.75 Å². The van der Waals surface area contributed by atoms with Gasteiger partial charge in [-0.25, -0.2) is 0 Å². The number of phenolic OH excluding ortho intramolecular Hbond substituents is 1. The Morgan fingerprint density at radius 3 is 2.75 bits per heavy atom. The van der Waals surface area contributed by atoms with Crippen molar-refractivity contribution in [2.24, 2.45) is 5.73 Å². The quantitative estimate of drug-likeness (QED) is 0.820. The van der Waals surface area contributed by atoms with Gasteiger partial charge in [-0.05, 0) is 40.0 Å². The van der Waals surface area contributed by atoms with Crippen LogP contribution in [0.5, 0.6) is 5.75 Å². The Hall–Kier alpha value is -0.540. The summed E-state index contributed by atoms with van der Waals surface area (Å²) in [5, 5.41) is 9.21. The van der Waals surface area contributed by atoms with E-state index in [9.17, 15) is 5.11 Å². The molecule has 0 bridgehead atoms. The van der Waals surface area contributed by atoms with Crippen LogP contribution in [0.4, 0.5) is 0 Å². The number of hydrogen-bond acceptors (Lipinski definition) is 2. The molecular weight excluding hydrogens is 218 g/mol. The summed E-state index contributed by atoms with van der Waals surface area (Å²) in [6.07, 6.45) is 0.900. The molecule has 3 heteroatoms. The minimum Gasteiger partial charge on any atom is -0.507 e. The van der Waals surface area contributed by atoms with E-state index in [1.165, 1.54) is 0 Å². The van der Waals surface area contributed by atoms with Gasteiger partial charge in [0.15, 0.2) is 0 Å². The third-order valence-electron chi connectivity index (χ3n) is 1.84. The van der Waals surface area contributed by atoms with Crippen molar-refractivity contribution in [3.05, 3.63) is 28.2 Å². The zero-order chi connectivity index (χ0) is 9.14. The van der Waals surface area contributed by atoms with Crippen molar-refractivity contribution in [2.45, 2.75) is 19.4 Å². The number of halogens is 1. The van der Waals surface area contributed by atoms with Gasteiger partial charge >= 0.3 is 0 Å². The molecule has 0 aliphatic heterocycles. The Morgan fingerprint density at radius 2 is 2.25 bits per heavy atom. The van der Waals surface area contributed by atoms with Gasteiger partial charge in [-0.15, -0.1) is 0 Å². The second-order valence-electron chi connectivity index (χ2n) is 2.73. The van der Waals surface area contributed by atoms with E-state index in [2.05, 4.69) is 15.9 Å². The minimum atomic E-state index is 0.0573. The monoisotopic (exact) mass is 229 g/mol. The fourth-order valence-electron chi connectivity index (χ4n) is 0.989. The van der Waals surface area contributed by atoms with E-state index in [0.29, 0.717) is 4.47 Å². The van der Waals surface area contributed by atoms with Crippen molar-refractivity contribution in [1.29, 1.82) is 0 Å². The first-order valence-electron chi connectivity index (χ1n) is 3.89. The fraction of sp³-hybridized carbons (Fsp3) is 0.333. The van der Waals surface area contributed by atoms with Gasteiger partial charge in [-0.3, -0.25) is 0 Å². The normalized spacial score (nSPS) is 12.9. The number of nitrogens with two attached hydrogens (primary N) is 1. The summed E-state index contributed by atoms with van der Waals surface area (Å²) in [4.78, 5) is 0. The van der Waals surface area contributed by atoms with Gasteiger partial charge in [-0.2, -0.15) is 0 Å². The van der Waals surface area contributed by atoms with E-state index in [1.54, 1.807) is 6.07 Å². The average molecular weight is 230 g/mol. The molecule has 0 saturated carbocycles. The standard InChI is InChI=1S/C9H12BrNO/c1-2-8(11)6-3-4-9(12)7(10)5-6/h3-5,8,12H,2,11H2,1H3/t8-/m0/s1. The summed E-state index contributed by atoms with van der Waals surface area (Å²) in [7, 11) is 0. The second kappa shape index (κ2) is 3.92. The number of benzene rings is 1. The van der Waals surface area contributed by atoms with Crippen LogP contribution in [0.25, 0.3) is 0 Å². The fourth-order valence-corrected chi connectivity index (χ4v) is 1.39. The highest BCUT2D eigenvalue weighted by Gasteiger charge is 2.05. The molecule has 0 saturated heterocycles.